The predicted octanol–water partition coefficient (Wildman–Crippen LogP) is 4.24. The van der Waals surface area contributed by atoms with Crippen LogP contribution in [0.25, 0.3) is 0 Å². The van der Waals surface area contributed by atoms with Crippen LogP contribution in [0.1, 0.15) is 10.4 Å². The van der Waals surface area contributed by atoms with Gasteiger partial charge in [-0.25, -0.2) is 9.37 Å². The summed E-state index contributed by atoms with van der Waals surface area (Å²) in [5, 5.41) is 5.81. The third-order valence-electron chi connectivity index (χ3n) is 4.06. The fourth-order valence-electron chi connectivity index (χ4n) is 2.64. The van der Waals surface area contributed by atoms with E-state index in [4.69, 9.17) is 14.2 Å². The standard InChI is InChI=1S/C21H20FN3O4/c1-27-17-10-16(11-18(28-2)20(17)29-3)24-19-9-4-13(12-23-19)21(26)25-15-7-5-14(22)6-8-15/h4-12H,1-3H3,(H,23,24)(H,25,26). The van der Waals surface area contributed by atoms with Crippen LogP contribution in [-0.4, -0.2) is 32.2 Å². The van der Waals surface area contributed by atoms with Crippen molar-refractivity contribution in [2.45, 2.75) is 0 Å². The number of carbonyl (C=O) groups excluding carboxylic acids is 1. The van der Waals surface area contributed by atoms with Gasteiger partial charge in [-0.1, -0.05) is 0 Å². The summed E-state index contributed by atoms with van der Waals surface area (Å²) < 4.78 is 28.9. The molecule has 150 valence electrons. The highest BCUT2D eigenvalue weighted by Gasteiger charge is 2.14. The summed E-state index contributed by atoms with van der Waals surface area (Å²) in [6.45, 7) is 0. The first kappa shape index (κ1) is 19.9. The zero-order chi connectivity index (χ0) is 20.8. The van der Waals surface area contributed by atoms with Crippen LogP contribution in [0.2, 0.25) is 0 Å². The molecule has 0 bridgehead atoms. The quantitative estimate of drug-likeness (QED) is 0.621. The smallest absolute Gasteiger partial charge is 0.257 e. The minimum absolute atomic E-state index is 0.344. The van der Waals surface area contributed by atoms with Gasteiger partial charge in [0, 0.05) is 29.7 Å². The Kier molecular flexibility index (Phi) is 6.13. The van der Waals surface area contributed by atoms with E-state index in [1.807, 2.05) is 0 Å². The molecule has 29 heavy (non-hydrogen) atoms. The van der Waals surface area contributed by atoms with Gasteiger partial charge in [0.1, 0.15) is 11.6 Å². The van der Waals surface area contributed by atoms with Crippen LogP contribution < -0.4 is 24.8 Å². The monoisotopic (exact) mass is 397 g/mol. The summed E-state index contributed by atoms with van der Waals surface area (Å²) in [4.78, 5) is 16.6. The lowest BCUT2D eigenvalue weighted by atomic mass is 10.2. The molecule has 1 amide bonds. The van der Waals surface area contributed by atoms with Crippen LogP contribution in [0.5, 0.6) is 17.2 Å². The van der Waals surface area contributed by atoms with E-state index in [1.165, 1.54) is 51.8 Å². The number of halogens is 1. The number of benzene rings is 2. The van der Waals surface area contributed by atoms with E-state index < -0.39 is 0 Å². The molecule has 1 aromatic heterocycles. The molecule has 0 radical (unpaired) electrons. The Morgan fingerprint density at radius 3 is 2.07 bits per heavy atom. The van der Waals surface area contributed by atoms with Crippen LogP contribution >= 0.6 is 0 Å². The van der Waals surface area contributed by atoms with Crippen LogP contribution in [0, 0.1) is 5.82 Å². The van der Waals surface area contributed by atoms with E-state index in [1.54, 1.807) is 24.3 Å². The van der Waals surface area contributed by atoms with E-state index in [2.05, 4.69) is 15.6 Å². The molecular weight excluding hydrogens is 377 g/mol. The zero-order valence-electron chi connectivity index (χ0n) is 16.2. The van der Waals surface area contributed by atoms with Crippen molar-refractivity contribution in [3.05, 3.63) is 66.1 Å². The molecule has 0 fully saturated rings. The number of nitrogens with one attached hydrogen (secondary N) is 2. The van der Waals surface area contributed by atoms with Gasteiger partial charge in [0.25, 0.3) is 5.91 Å². The van der Waals surface area contributed by atoms with Crippen molar-refractivity contribution in [2.24, 2.45) is 0 Å². The van der Waals surface area contributed by atoms with Gasteiger partial charge in [-0.05, 0) is 36.4 Å². The van der Waals surface area contributed by atoms with Crippen molar-refractivity contribution >= 4 is 23.1 Å². The molecular formula is C21H20FN3O4. The van der Waals surface area contributed by atoms with Crippen LogP contribution in [0.4, 0.5) is 21.6 Å². The molecule has 1 heterocycles. The Bertz CT molecular complexity index is 967. The highest BCUT2D eigenvalue weighted by molar-refractivity contribution is 6.04. The Hall–Kier alpha value is -3.81. The first-order valence-corrected chi connectivity index (χ1v) is 8.64. The minimum atomic E-state index is -0.369. The number of nitrogens with zero attached hydrogens (tertiary/aromatic N) is 1. The fourth-order valence-corrected chi connectivity index (χ4v) is 2.64. The number of hydrogen-bond donors (Lipinski definition) is 2. The summed E-state index contributed by atoms with van der Waals surface area (Å²) in [5.41, 5.74) is 1.54. The number of anilines is 3. The summed E-state index contributed by atoms with van der Waals surface area (Å²) in [5.74, 6) is 1.31. The van der Waals surface area contributed by atoms with Gasteiger partial charge in [0.05, 0.1) is 26.9 Å². The van der Waals surface area contributed by atoms with E-state index in [-0.39, 0.29) is 11.7 Å². The zero-order valence-corrected chi connectivity index (χ0v) is 16.2. The van der Waals surface area contributed by atoms with E-state index in [0.29, 0.717) is 40.0 Å². The maximum atomic E-state index is 13.0. The first-order chi connectivity index (χ1) is 14.0. The number of carbonyl (C=O) groups is 1. The van der Waals surface area contributed by atoms with Gasteiger partial charge in [-0.3, -0.25) is 4.79 Å². The Labute approximate surface area is 167 Å². The van der Waals surface area contributed by atoms with Crippen molar-refractivity contribution in [2.75, 3.05) is 32.0 Å². The highest BCUT2D eigenvalue weighted by atomic mass is 19.1. The molecule has 0 aliphatic rings. The Balaban J connectivity index is 1.73. The molecule has 0 atom stereocenters. The second-order valence-electron chi connectivity index (χ2n) is 5.93. The highest BCUT2D eigenvalue weighted by Crippen LogP contribution is 2.40. The molecule has 3 aromatic rings. The predicted molar refractivity (Wildman–Crippen MR) is 108 cm³/mol. The van der Waals surface area contributed by atoms with Gasteiger partial charge in [-0.2, -0.15) is 0 Å². The molecule has 0 saturated heterocycles. The van der Waals surface area contributed by atoms with E-state index in [0.717, 1.165) is 0 Å². The third kappa shape index (κ3) is 4.73. The molecule has 0 saturated carbocycles. The number of pyridine rings is 1. The van der Waals surface area contributed by atoms with Gasteiger partial charge in [0.15, 0.2) is 11.5 Å². The molecule has 0 aliphatic heterocycles. The van der Waals surface area contributed by atoms with Gasteiger partial charge in [-0.15, -0.1) is 0 Å². The molecule has 0 spiro atoms. The van der Waals surface area contributed by atoms with Gasteiger partial charge >= 0.3 is 0 Å². The summed E-state index contributed by atoms with van der Waals surface area (Å²) in [7, 11) is 4.60. The minimum Gasteiger partial charge on any atom is -0.493 e. The van der Waals surface area contributed by atoms with Gasteiger partial charge in [0.2, 0.25) is 5.75 Å². The summed E-state index contributed by atoms with van der Waals surface area (Å²) in [6.07, 6.45) is 1.44. The van der Waals surface area contributed by atoms with Crippen LogP contribution in [-0.2, 0) is 0 Å². The Morgan fingerprint density at radius 2 is 1.55 bits per heavy atom. The molecule has 2 aromatic carbocycles. The molecule has 7 nitrogen and oxygen atoms in total. The van der Waals surface area contributed by atoms with Crippen molar-refractivity contribution in [3.63, 3.8) is 0 Å². The molecule has 0 unspecified atom stereocenters. The lowest BCUT2D eigenvalue weighted by Crippen LogP contribution is -2.12. The number of hydrogen-bond acceptors (Lipinski definition) is 6. The lowest BCUT2D eigenvalue weighted by Gasteiger charge is -2.15. The number of aromatic nitrogens is 1. The lowest BCUT2D eigenvalue weighted by molar-refractivity contribution is 0.102. The largest absolute Gasteiger partial charge is 0.493 e. The SMILES string of the molecule is COc1cc(Nc2ccc(C(=O)Nc3ccc(F)cc3)cn2)cc(OC)c1OC. The van der Waals surface area contributed by atoms with Crippen molar-refractivity contribution in [1.82, 2.24) is 4.98 Å². The van der Waals surface area contributed by atoms with Crippen molar-refractivity contribution < 1.29 is 23.4 Å². The maximum Gasteiger partial charge on any atom is 0.257 e. The molecule has 8 heteroatoms. The maximum absolute atomic E-state index is 13.0. The number of methoxy groups -OCH3 is 3. The van der Waals surface area contributed by atoms with Crippen molar-refractivity contribution in [3.8, 4) is 17.2 Å². The number of amides is 1. The summed E-state index contributed by atoms with van der Waals surface area (Å²) in [6, 6.07) is 12.3. The normalized spacial score (nSPS) is 10.2. The average molecular weight is 397 g/mol. The second-order valence-corrected chi connectivity index (χ2v) is 5.93. The average Bonchev–Trinajstić information content (AvgIpc) is 2.75. The van der Waals surface area contributed by atoms with Gasteiger partial charge < -0.3 is 24.8 Å². The topological polar surface area (TPSA) is 81.7 Å². The van der Waals surface area contributed by atoms with E-state index >= 15 is 0 Å². The molecule has 2 N–H and O–H groups in total. The molecule has 0 aliphatic carbocycles. The first-order valence-electron chi connectivity index (χ1n) is 8.64. The number of ether oxygens (including phenoxy) is 3. The molecule has 3 rings (SSSR count). The van der Waals surface area contributed by atoms with Crippen molar-refractivity contribution in [1.29, 1.82) is 0 Å². The summed E-state index contributed by atoms with van der Waals surface area (Å²) >= 11 is 0. The third-order valence-corrected chi connectivity index (χ3v) is 4.06. The number of rotatable bonds is 7. The second kappa shape index (κ2) is 8.92. The van der Waals surface area contributed by atoms with Crippen LogP contribution in [0.3, 0.4) is 0 Å². The fraction of sp³-hybridized carbons (Fsp3) is 0.143. The Morgan fingerprint density at radius 1 is 0.897 bits per heavy atom. The van der Waals surface area contributed by atoms with Crippen LogP contribution in [0.15, 0.2) is 54.7 Å². The van der Waals surface area contributed by atoms with E-state index in [9.17, 15) is 9.18 Å².